The molecule has 31 heavy (non-hydrogen) atoms. The van der Waals surface area contributed by atoms with Crippen molar-refractivity contribution in [2.24, 2.45) is 0 Å². The monoisotopic (exact) mass is 421 g/mol. The fourth-order valence-electron chi connectivity index (χ4n) is 3.97. The molecule has 1 N–H and O–H groups in total. The summed E-state index contributed by atoms with van der Waals surface area (Å²) < 4.78 is 0. The molecule has 0 spiro atoms. The van der Waals surface area contributed by atoms with Gasteiger partial charge in [0.1, 0.15) is 6.04 Å². The van der Waals surface area contributed by atoms with Gasteiger partial charge < -0.3 is 15.1 Å². The maximum Gasteiger partial charge on any atom is 0.255 e. The lowest BCUT2D eigenvalue weighted by Crippen LogP contribution is -2.52. The third-order valence-electron chi connectivity index (χ3n) is 5.71. The molecule has 1 aliphatic rings. The zero-order chi connectivity index (χ0) is 22.7. The fourth-order valence-corrected chi connectivity index (χ4v) is 3.97. The van der Waals surface area contributed by atoms with E-state index in [-0.39, 0.29) is 17.7 Å². The molecule has 6 heteroatoms. The van der Waals surface area contributed by atoms with Crippen LogP contribution in [0.25, 0.3) is 0 Å². The molecule has 0 saturated heterocycles. The summed E-state index contributed by atoms with van der Waals surface area (Å²) in [7, 11) is 3.43. The average Bonchev–Trinajstić information content (AvgIpc) is 2.73. The van der Waals surface area contributed by atoms with Crippen molar-refractivity contribution in [3.8, 4) is 0 Å². The maximum atomic E-state index is 13.6. The molecule has 1 atom stereocenters. The van der Waals surface area contributed by atoms with Crippen LogP contribution in [0, 0.1) is 13.8 Å². The third-order valence-corrected chi connectivity index (χ3v) is 5.71. The van der Waals surface area contributed by atoms with Gasteiger partial charge in [-0.3, -0.25) is 14.4 Å². The molecule has 164 valence electrons. The first-order chi connectivity index (χ1) is 14.7. The van der Waals surface area contributed by atoms with Crippen LogP contribution in [0.1, 0.15) is 52.4 Å². The molecule has 0 aromatic heterocycles. The molecule has 0 fully saturated rings. The minimum atomic E-state index is -0.560. The fraction of sp³-hybridized carbons (Fsp3) is 0.400. The Morgan fingerprint density at radius 2 is 1.81 bits per heavy atom. The number of fused-ring (bicyclic) bond motifs is 1. The molecule has 0 bridgehead atoms. The lowest BCUT2D eigenvalue weighted by Gasteiger charge is -2.37. The molecule has 3 amide bonds. The minimum absolute atomic E-state index is 0.0257. The lowest BCUT2D eigenvalue weighted by atomic mass is 9.91. The number of amides is 3. The van der Waals surface area contributed by atoms with E-state index in [1.807, 2.05) is 57.2 Å². The number of aryl methyl sites for hydroxylation is 2. The highest BCUT2D eigenvalue weighted by Crippen LogP contribution is 2.29. The molecular weight excluding hydrogens is 390 g/mol. The van der Waals surface area contributed by atoms with E-state index in [9.17, 15) is 14.4 Å². The summed E-state index contributed by atoms with van der Waals surface area (Å²) in [6.45, 7) is 6.15. The van der Waals surface area contributed by atoms with Gasteiger partial charge in [-0.15, -0.1) is 0 Å². The van der Waals surface area contributed by atoms with Crippen LogP contribution in [-0.4, -0.2) is 47.7 Å². The molecule has 1 heterocycles. The van der Waals surface area contributed by atoms with Gasteiger partial charge in [-0.1, -0.05) is 30.7 Å². The summed E-state index contributed by atoms with van der Waals surface area (Å²) in [5.74, 6) is -0.264. The second-order valence-corrected chi connectivity index (χ2v) is 8.49. The number of likely N-dealkylation sites (N-methyl/N-ethyl adjacent to an activating group) is 1. The van der Waals surface area contributed by atoms with Crippen molar-refractivity contribution < 1.29 is 14.4 Å². The molecule has 1 aliphatic heterocycles. The van der Waals surface area contributed by atoms with Crippen LogP contribution < -0.4 is 5.32 Å². The van der Waals surface area contributed by atoms with E-state index >= 15 is 0 Å². The van der Waals surface area contributed by atoms with E-state index < -0.39 is 6.04 Å². The smallest absolute Gasteiger partial charge is 0.255 e. The highest BCUT2D eigenvalue weighted by Gasteiger charge is 2.36. The molecule has 6 nitrogen and oxygen atoms in total. The standard InChI is InChI=1S/C25H31N3O3/c1-6-7-23(29)26-20-11-10-18-14-22(25(31)27(4)5)28(15-19(18)13-20)24(30)21-12-16(2)8-9-17(21)3/h8-13,22H,6-7,14-15H2,1-5H3,(H,26,29). The number of hydrogen-bond acceptors (Lipinski definition) is 3. The largest absolute Gasteiger partial charge is 0.347 e. The molecule has 1 unspecified atom stereocenters. The Morgan fingerprint density at radius 3 is 2.48 bits per heavy atom. The topological polar surface area (TPSA) is 69.7 Å². The van der Waals surface area contributed by atoms with Crippen LogP contribution >= 0.6 is 0 Å². The van der Waals surface area contributed by atoms with Crippen molar-refractivity contribution in [1.82, 2.24) is 9.80 Å². The van der Waals surface area contributed by atoms with Gasteiger partial charge in [-0.2, -0.15) is 0 Å². The van der Waals surface area contributed by atoms with Gasteiger partial charge in [0.25, 0.3) is 5.91 Å². The summed E-state index contributed by atoms with van der Waals surface area (Å²) in [6.07, 6.45) is 1.70. The van der Waals surface area contributed by atoms with Gasteiger partial charge in [0.05, 0.1) is 0 Å². The highest BCUT2D eigenvalue weighted by atomic mass is 16.2. The molecule has 0 aliphatic carbocycles. The van der Waals surface area contributed by atoms with E-state index in [0.29, 0.717) is 30.6 Å². The van der Waals surface area contributed by atoms with Crippen LogP contribution in [0.4, 0.5) is 5.69 Å². The molecule has 2 aromatic rings. The van der Waals surface area contributed by atoms with Crippen molar-refractivity contribution in [3.05, 3.63) is 64.2 Å². The van der Waals surface area contributed by atoms with Gasteiger partial charge in [-0.25, -0.2) is 0 Å². The first-order valence-electron chi connectivity index (χ1n) is 10.7. The number of anilines is 1. The first kappa shape index (κ1) is 22.5. The number of benzene rings is 2. The summed E-state index contributed by atoms with van der Waals surface area (Å²) in [6, 6.07) is 11.0. The first-order valence-corrected chi connectivity index (χ1v) is 10.7. The Labute approximate surface area is 184 Å². The molecular formula is C25H31N3O3. The molecule has 0 radical (unpaired) electrons. The quantitative estimate of drug-likeness (QED) is 0.800. The number of nitrogens with one attached hydrogen (secondary N) is 1. The molecule has 0 saturated carbocycles. The van der Waals surface area contributed by atoms with Crippen LogP contribution in [0.15, 0.2) is 36.4 Å². The Kier molecular flexibility index (Phi) is 6.78. The second-order valence-electron chi connectivity index (χ2n) is 8.49. The van der Waals surface area contributed by atoms with E-state index in [2.05, 4.69) is 5.32 Å². The Bertz CT molecular complexity index is 1010. The van der Waals surface area contributed by atoms with Crippen molar-refractivity contribution >= 4 is 23.4 Å². The Balaban J connectivity index is 1.97. The van der Waals surface area contributed by atoms with E-state index in [0.717, 1.165) is 28.7 Å². The van der Waals surface area contributed by atoms with Crippen LogP contribution in [0.3, 0.4) is 0 Å². The van der Waals surface area contributed by atoms with E-state index in [1.165, 1.54) is 0 Å². The zero-order valence-electron chi connectivity index (χ0n) is 19.0. The number of nitrogens with zero attached hydrogens (tertiary/aromatic N) is 2. The van der Waals surface area contributed by atoms with E-state index in [1.54, 1.807) is 23.9 Å². The van der Waals surface area contributed by atoms with Gasteiger partial charge >= 0.3 is 0 Å². The van der Waals surface area contributed by atoms with Gasteiger partial charge in [0.2, 0.25) is 11.8 Å². The number of carbonyl (C=O) groups excluding carboxylic acids is 3. The van der Waals surface area contributed by atoms with Gasteiger partial charge in [-0.05, 0) is 55.2 Å². The summed E-state index contributed by atoms with van der Waals surface area (Å²) in [5.41, 5.74) is 5.20. The maximum absolute atomic E-state index is 13.6. The Hall–Kier alpha value is -3.15. The van der Waals surface area contributed by atoms with Crippen molar-refractivity contribution in [1.29, 1.82) is 0 Å². The van der Waals surface area contributed by atoms with Crippen LogP contribution in [0.5, 0.6) is 0 Å². The van der Waals surface area contributed by atoms with Gasteiger partial charge in [0, 0.05) is 44.7 Å². The number of carbonyl (C=O) groups is 3. The highest BCUT2D eigenvalue weighted by molar-refractivity contribution is 5.99. The van der Waals surface area contributed by atoms with Crippen LogP contribution in [-0.2, 0) is 22.6 Å². The second kappa shape index (κ2) is 9.33. The summed E-state index contributed by atoms with van der Waals surface area (Å²) in [4.78, 5) is 41.7. The zero-order valence-corrected chi connectivity index (χ0v) is 19.0. The SMILES string of the molecule is CCCC(=O)Nc1ccc2c(c1)CN(C(=O)c1cc(C)ccc1C)C(C(=O)N(C)C)C2. The van der Waals surface area contributed by atoms with Crippen molar-refractivity contribution in [2.75, 3.05) is 19.4 Å². The van der Waals surface area contributed by atoms with E-state index in [4.69, 9.17) is 0 Å². The third kappa shape index (κ3) is 4.95. The minimum Gasteiger partial charge on any atom is -0.347 e. The molecule has 3 rings (SSSR count). The van der Waals surface area contributed by atoms with Crippen molar-refractivity contribution in [3.63, 3.8) is 0 Å². The number of hydrogen-bond donors (Lipinski definition) is 1. The summed E-state index contributed by atoms with van der Waals surface area (Å²) in [5, 5.41) is 2.92. The Morgan fingerprint density at radius 1 is 1.06 bits per heavy atom. The predicted octanol–water partition coefficient (Wildman–Crippen LogP) is 3.70. The number of rotatable bonds is 5. The van der Waals surface area contributed by atoms with Gasteiger partial charge in [0.15, 0.2) is 0 Å². The van der Waals surface area contributed by atoms with Crippen molar-refractivity contribution in [2.45, 2.75) is 52.6 Å². The van der Waals surface area contributed by atoms with Crippen LogP contribution in [0.2, 0.25) is 0 Å². The normalized spacial score (nSPS) is 15.3. The average molecular weight is 422 g/mol. The predicted molar refractivity (Wildman–Crippen MR) is 122 cm³/mol. The summed E-state index contributed by atoms with van der Waals surface area (Å²) >= 11 is 0. The lowest BCUT2D eigenvalue weighted by molar-refractivity contribution is -0.134. The molecule has 2 aromatic carbocycles.